The van der Waals surface area contributed by atoms with E-state index in [1.807, 2.05) is 18.2 Å². The summed E-state index contributed by atoms with van der Waals surface area (Å²) in [5, 5.41) is 15.1. The first-order valence-corrected chi connectivity index (χ1v) is 11.0. The van der Waals surface area contributed by atoms with E-state index >= 15 is 0 Å². The first-order valence-electron chi connectivity index (χ1n) is 11.0. The van der Waals surface area contributed by atoms with E-state index in [2.05, 4.69) is 22.8 Å². The maximum Gasteiger partial charge on any atom is 0.407 e. The number of amides is 2. The Bertz CT molecular complexity index is 732. The highest BCUT2D eigenvalue weighted by Crippen LogP contribution is 2.20. The number of ether oxygens (including phenoxy) is 2. The van der Waals surface area contributed by atoms with Crippen LogP contribution in [0.3, 0.4) is 0 Å². The summed E-state index contributed by atoms with van der Waals surface area (Å²) >= 11 is 0. The molecule has 0 fully saturated rings. The molecular formula is C24H38N2O6. The number of alkyl carbamates (subject to hydrolysis) is 1. The zero-order valence-corrected chi connectivity index (χ0v) is 19.9. The lowest BCUT2D eigenvalue weighted by Crippen LogP contribution is -2.61. The first-order chi connectivity index (χ1) is 15.0. The monoisotopic (exact) mass is 450 g/mol. The fraction of sp³-hybridized carbons (Fsp3) is 0.625. The van der Waals surface area contributed by atoms with Crippen molar-refractivity contribution in [3.8, 4) is 0 Å². The molecule has 2 atom stereocenters. The first kappa shape index (κ1) is 27.4. The molecule has 8 nitrogen and oxygen atoms in total. The standard InChI is InChI=1S/C24H38N2O6/c1-23(2,3)32-22(30)25-16-19(17-27)24(4,21(29)31-5)26-20(28)15-11-7-10-14-18-12-8-6-9-13-18/h6,8-9,12-13,19,27H,7,10-11,14-17H2,1-5H3,(H,25,30)(H,26,28)/t19-,24+/m0/s1. The quantitative estimate of drug-likeness (QED) is 0.333. The highest BCUT2D eigenvalue weighted by atomic mass is 16.6. The number of unbranched alkanes of at least 4 members (excludes halogenated alkanes) is 2. The van der Waals surface area contributed by atoms with Gasteiger partial charge in [-0.25, -0.2) is 9.59 Å². The van der Waals surface area contributed by atoms with Crippen LogP contribution in [0, 0.1) is 5.92 Å². The molecule has 0 heterocycles. The average Bonchev–Trinajstić information content (AvgIpc) is 2.72. The van der Waals surface area contributed by atoms with E-state index in [4.69, 9.17) is 9.47 Å². The van der Waals surface area contributed by atoms with E-state index in [1.165, 1.54) is 19.6 Å². The molecule has 0 aliphatic rings. The minimum Gasteiger partial charge on any atom is -0.467 e. The number of aliphatic hydroxyl groups excluding tert-OH is 1. The van der Waals surface area contributed by atoms with Gasteiger partial charge in [0.05, 0.1) is 13.7 Å². The fourth-order valence-electron chi connectivity index (χ4n) is 3.29. The van der Waals surface area contributed by atoms with E-state index in [9.17, 15) is 19.5 Å². The summed E-state index contributed by atoms with van der Waals surface area (Å²) in [6.07, 6.45) is 3.04. The molecule has 2 amide bonds. The molecule has 0 saturated carbocycles. The van der Waals surface area contributed by atoms with Gasteiger partial charge in [-0.05, 0) is 52.5 Å². The summed E-state index contributed by atoms with van der Waals surface area (Å²) in [6, 6.07) is 10.1. The van der Waals surface area contributed by atoms with Crippen molar-refractivity contribution >= 4 is 18.0 Å². The van der Waals surface area contributed by atoms with Gasteiger partial charge in [0.1, 0.15) is 11.1 Å². The molecule has 1 rings (SSSR count). The highest BCUT2D eigenvalue weighted by Gasteiger charge is 2.43. The van der Waals surface area contributed by atoms with Gasteiger partial charge in [-0.1, -0.05) is 36.8 Å². The summed E-state index contributed by atoms with van der Waals surface area (Å²) in [7, 11) is 1.21. The number of nitrogens with one attached hydrogen (secondary N) is 2. The Balaban J connectivity index is 2.60. The number of benzene rings is 1. The van der Waals surface area contributed by atoms with Gasteiger partial charge >= 0.3 is 12.1 Å². The number of methoxy groups -OCH3 is 1. The second-order valence-electron chi connectivity index (χ2n) is 9.05. The van der Waals surface area contributed by atoms with Crippen LogP contribution in [0.2, 0.25) is 0 Å². The van der Waals surface area contributed by atoms with Gasteiger partial charge < -0.3 is 25.2 Å². The number of carbonyl (C=O) groups is 3. The van der Waals surface area contributed by atoms with Crippen LogP contribution in [0.5, 0.6) is 0 Å². The SMILES string of the molecule is COC(=O)[C@](C)(NC(=O)CCCCCc1ccccc1)[C@H](CO)CNC(=O)OC(C)(C)C. The third kappa shape index (κ3) is 9.68. The molecule has 0 aliphatic carbocycles. The normalized spacial score (nSPS) is 14.1. The van der Waals surface area contributed by atoms with Gasteiger partial charge in [0.25, 0.3) is 0 Å². The van der Waals surface area contributed by atoms with Crippen LogP contribution >= 0.6 is 0 Å². The fourth-order valence-corrected chi connectivity index (χ4v) is 3.29. The number of hydrogen-bond acceptors (Lipinski definition) is 6. The lowest BCUT2D eigenvalue weighted by Gasteiger charge is -2.35. The smallest absolute Gasteiger partial charge is 0.407 e. The lowest BCUT2D eigenvalue weighted by molar-refractivity contribution is -0.153. The van der Waals surface area contributed by atoms with E-state index in [0.717, 1.165) is 19.3 Å². The van der Waals surface area contributed by atoms with Crippen molar-refractivity contribution in [1.82, 2.24) is 10.6 Å². The van der Waals surface area contributed by atoms with E-state index in [0.29, 0.717) is 6.42 Å². The molecule has 0 unspecified atom stereocenters. The van der Waals surface area contributed by atoms with Crippen LogP contribution in [0.4, 0.5) is 4.79 Å². The van der Waals surface area contributed by atoms with Crippen LogP contribution < -0.4 is 10.6 Å². The summed E-state index contributed by atoms with van der Waals surface area (Å²) < 4.78 is 10.1. The van der Waals surface area contributed by atoms with Gasteiger partial charge in [0.2, 0.25) is 5.91 Å². The summed E-state index contributed by atoms with van der Waals surface area (Å²) in [5.41, 5.74) is -0.919. The van der Waals surface area contributed by atoms with Crippen molar-refractivity contribution in [2.75, 3.05) is 20.3 Å². The van der Waals surface area contributed by atoms with Crippen LogP contribution in [-0.2, 0) is 25.5 Å². The Kier molecular flexibility index (Phi) is 11.2. The van der Waals surface area contributed by atoms with Crippen molar-refractivity contribution in [2.45, 2.75) is 70.9 Å². The van der Waals surface area contributed by atoms with Gasteiger partial charge in [0, 0.05) is 18.9 Å². The summed E-state index contributed by atoms with van der Waals surface area (Å²) in [5.74, 6) is -1.81. The molecule has 0 spiro atoms. The van der Waals surface area contributed by atoms with Crippen molar-refractivity contribution in [3.05, 3.63) is 35.9 Å². The molecule has 0 aromatic heterocycles. The molecular weight excluding hydrogens is 412 g/mol. The molecule has 1 aromatic rings. The highest BCUT2D eigenvalue weighted by molar-refractivity contribution is 5.88. The Hall–Kier alpha value is -2.61. The van der Waals surface area contributed by atoms with Crippen LogP contribution in [0.1, 0.15) is 58.9 Å². The molecule has 3 N–H and O–H groups in total. The van der Waals surface area contributed by atoms with Crippen molar-refractivity contribution < 1.29 is 29.0 Å². The zero-order chi connectivity index (χ0) is 24.2. The largest absolute Gasteiger partial charge is 0.467 e. The minimum atomic E-state index is -1.50. The molecule has 0 bridgehead atoms. The van der Waals surface area contributed by atoms with Crippen LogP contribution in [0.15, 0.2) is 30.3 Å². The third-order valence-corrected chi connectivity index (χ3v) is 5.15. The summed E-state index contributed by atoms with van der Waals surface area (Å²) in [6.45, 7) is 6.16. The minimum absolute atomic E-state index is 0.0750. The molecule has 32 heavy (non-hydrogen) atoms. The third-order valence-electron chi connectivity index (χ3n) is 5.15. The number of carbonyl (C=O) groups excluding carboxylic acids is 3. The predicted octanol–water partition coefficient (Wildman–Crippen LogP) is 2.97. The predicted molar refractivity (Wildman–Crippen MR) is 122 cm³/mol. The molecule has 0 radical (unpaired) electrons. The summed E-state index contributed by atoms with van der Waals surface area (Å²) in [4.78, 5) is 37.0. The van der Waals surface area contributed by atoms with Crippen molar-refractivity contribution in [3.63, 3.8) is 0 Å². The van der Waals surface area contributed by atoms with Gasteiger partial charge in [-0.2, -0.15) is 0 Å². The van der Waals surface area contributed by atoms with Crippen LogP contribution in [0.25, 0.3) is 0 Å². The second-order valence-corrected chi connectivity index (χ2v) is 9.05. The van der Waals surface area contributed by atoms with Crippen LogP contribution in [-0.4, -0.2) is 54.5 Å². The van der Waals surface area contributed by atoms with Crippen molar-refractivity contribution in [2.24, 2.45) is 5.92 Å². The number of rotatable bonds is 12. The molecule has 1 aromatic carbocycles. The second kappa shape index (κ2) is 13.1. The van der Waals surface area contributed by atoms with E-state index in [1.54, 1.807) is 20.8 Å². The zero-order valence-electron chi connectivity index (χ0n) is 19.9. The molecule has 8 heteroatoms. The Labute approximate surface area is 191 Å². The molecule has 0 saturated heterocycles. The topological polar surface area (TPSA) is 114 Å². The Morgan fingerprint density at radius 3 is 2.25 bits per heavy atom. The number of aryl methyl sites for hydroxylation is 1. The Morgan fingerprint density at radius 2 is 1.69 bits per heavy atom. The maximum absolute atomic E-state index is 12.5. The van der Waals surface area contributed by atoms with Gasteiger partial charge in [-0.15, -0.1) is 0 Å². The lowest BCUT2D eigenvalue weighted by atomic mass is 9.85. The molecule has 180 valence electrons. The van der Waals surface area contributed by atoms with Gasteiger partial charge in [0.15, 0.2) is 0 Å². The van der Waals surface area contributed by atoms with Crippen molar-refractivity contribution in [1.29, 1.82) is 0 Å². The number of aliphatic hydroxyl groups is 1. The van der Waals surface area contributed by atoms with E-state index in [-0.39, 0.29) is 18.9 Å². The number of esters is 1. The van der Waals surface area contributed by atoms with Gasteiger partial charge in [-0.3, -0.25) is 4.79 Å². The average molecular weight is 451 g/mol. The maximum atomic E-state index is 12.5. The van der Waals surface area contributed by atoms with E-state index < -0.39 is 35.7 Å². The number of hydrogen-bond donors (Lipinski definition) is 3. The molecule has 0 aliphatic heterocycles. The Morgan fingerprint density at radius 1 is 1.03 bits per heavy atom.